The number of hydrogen-bond acceptors (Lipinski definition) is 3. The van der Waals surface area contributed by atoms with Crippen molar-refractivity contribution in [2.24, 2.45) is 0 Å². The van der Waals surface area contributed by atoms with Crippen molar-refractivity contribution in [1.29, 1.82) is 0 Å². The highest BCUT2D eigenvalue weighted by molar-refractivity contribution is 5.76. The first kappa shape index (κ1) is 13.8. The van der Waals surface area contributed by atoms with Crippen LogP contribution >= 0.6 is 0 Å². The predicted octanol–water partition coefficient (Wildman–Crippen LogP) is 1.59. The number of carbonyl (C=O) groups is 1. The van der Waals surface area contributed by atoms with Crippen molar-refractivity contribution in [2.75, 3.05) is 19.7 Å². The molecule has 4 nitrogen and oxygen atoms in total. The summed E-state index contributed by atoms with van der Waals surface area (Å²) in [6.45, 7) is 2.37. The summed E-state index contributed by atoms with van der Waals surface area (Å²) in [6.07, 6.45) is 9.66. The second-order valence-corrected chi connectivity index (χ2v) is 5.48. The van der Waals surface area contributed by atoms with Gasteiger partial charge < -0.3 is 15.4 Å². The second kappa shape index (κ2) is 7.74. The average Bonchev–Trinajstić information content (AvgIpc) is 2.89. The minimum absolute atomic E-state index is 0.157. The normalized spacial score (nSPS) is 25.2. The molecule has 0 aromatic carbocycles. The van der Waals surface area contributed by atoms with Crippen LogP contribution in [0.3, 0.4) is 0 Å². The molecule has 0 aromatic rings. The fourth-order valence-electron chi connectivity index (χ4n) is 2.87. The lowest BCUT2D eigenvalue weighted by Crippen LogP contribution is -2.39. The molecule has 1 aliphatic heterocycles. The summed E-state index contributed by atoms with van der Waals surface area (Å²) in [5, 5.41) is 6.34. The molecule has 0 radical (unpaired) electrons. The van der Waals surface area contributed by atoms with E-state index in [1.54, 1.807) is 0 Å². The van der Waals surface area contributed by atoms with Gasteiger partial charge in [0.1, 0.15) is 0 Å². The van der Waals surface area contributed by atoms with Crippen LogP contribution in [-0.2, 0) is 9.53 Å². The molecule has 2 N–H and O–H groups in total. The highest BCUT2D eigenvalue weighted by atomic mass is 16.5. The summed E-state index contributed by atoms with van der Waals surface area (Å²) in [6, 6.07) is 0.384. The Morgan fingerprint density at radius 2 is 1.94 bits per heavy atom. The standard InChI is InChI=1S/C14H26N2O2/c17-14(11-12-5-3-4-8-15-12)16-9-10-18-13-6-1-2-7-13/h12-13,15H,1-11H2,(H,16,17). The zero-order valence-corrected chi connectivity index (χ0v) is 11.2. The minimum atomic E-state index is 0.157. The molecule has 2 aliphatic rings. The fourth-order valence-corrected chi connectivity index (χ4v) is 2.87. The van der Waals surface area contributed by atoms with Crippen LogP contribution < -0.4 is 10.6 Å². The molecule has 1 amide bonds. The van der Waals surface area contributed by atoms with E-state index in [1.165, 1.54) is 38.5 Å². The molecular weight excluding hydrogens is 228 g/mol. The maximum absolute atomic E-state index is 11.7. The van der Waals surface area contributed by atoms with Gasteiger partial charge in [-0.3, -0.25) is 4.79 Å². The van der Waals surface area contributed by atoms with Gasteiger partial charge in [0.05, 0.1) is 12.7 Å². The summed E-state index contributed by atoms with van der Waals surface area (Å²) >= 11 is 0. The highest BCUT2D eigenvalue weighted by Crippen LogP contribution is 2.20. The Balaban J connectivity index is 1.48. The number of hydrogen-bond donors (Lipinski definition) is 2. The zero-order chi connectivity index (χ0) is 12.6. The molecule has 0 bridgehead atoms. The van der Waals surface area contributed by atoms with E-state index >= 15 is 0 Å². The fraction of sp³-hybridized carbons (Fsp3) is 0.929. The largest absolute Gasteiger partial charge is 0.376 e. The molecule has 2 rings (SSSR count). The van der Waals surface area contributed by atoms with Crippen molar-refractivity contribution in [1.82, 2.24) is 10.6 Å². The third-order valence-electron chi connectivity index (χ3n) is 3.92. The van der Waals surface area contributed by atoms with Gasteiger partial charge in [0.25, 0.3) is 0 Å². The second-order valence-electron chi connectivity index (χ2n) is 5.48. The van der Waals surface area contributed by atoms with Gasteiger partial charge in [-0.15, -0.1) is 0 Å². The molecule has 4 heteroatoms. The molecule has 1 aliphatic carbocycles. The lowest BCUT2D eigenvalue weighted by Gasteiger charge is -2.22. The average molecular weight is 254 g/mol. The molecule has 2 fully saturated rings. The number of rotatable bonds is 6. The van der Waals surface area contributed by atoms with E-state index in [-0.39, 0.29) is 5.91 Å². The van der Waals surface area contributed by atoms with Crippen molar-refractivity contribution in [2.45, 2.75) is 63.5 Å². The molecule has 104 valence electrons. The van der Waals surface area contributed by atoms with Gasteiger partial charge in [-0.25, -0.2) is 0 Å². The number of piperidine rings is 1. The first-order valence-corrected chi connectivity index (χ1v) is 7.46. The molecule has 1 unspecified atom stereocenters. The van der Waals surface area contributed by atoms with Crippen molar-refractivity contribution in [3.05, 3.63) is 0 Å². The maximum atomic E-state index is 11.7. The van der Waals surface area contributed by atoms with Crippen LogP contribution in [0.4, 0.5) is 0 Å². The Labute approximate surface area is 110 Å². The molecule has 0 aromatic heterocycles. The Morgan fingerprint density at radius 3 is 2.67 bits per heavy atom. The Kier molecular flexibility index (Phi) is 5.94. The van der Waals surface area contributed by atoms with Gasteiger partial charge in [0, 0.05) is 19.0 Å². The summed E-state index contributed by atoms with van der Waals surface area (Å²) in [7, 11) is 0. The van der Waals surface area contributed by atoms with Crippen LogP contribution in [-0.4, -0.2) is 37.7 Å². The smallest absolute Gasteiger partial charge is 0.221 e. The predicted molar refractivity (Wildman–Crippen MR) is 71.5 cm³/mol. The van der Waals surface area contributed by atoms with Gasteiger partial charge in [-0.1, -0.05) is 19.3 Å². The summed E-state index contributed by atoms with van der Waals surface area (Å²) in [5.41, 5.74) is 0. The van der Waals surface area contributed by atoms with Crippen LogP contribution in [0.15, 0.2) is 0 Å². The number of nitrogens with one attached hydrogen (secondary N) is 2. The van der Waals surface area contributed by atoms with Crippen LogP contribution in [0.5, 0.6) is 0 Å². The van der Waals surface area contributed by atoms with Crippen LogP contribution in [0.2, 0.25) is 0 Å². The molecule has 1 saturated carbocycles. The topological polar surface area (TPSA) is 50.4 Å². The van der Waals surface area contributed by atoms with Crippen molar-refractivity contribution in [3.63, 3.8) is 0 Å². The van der Waals surface area contributed by atoms with E-state index in [2.05, 4.69) is 10.6 Å². The van der Waals surface area contributed by atoms with Crippen LogP contribution in [0, 0.1) is 0 Å². The van der Waals surface area contributed by atoms with E-state index in [4.69, 9.17) is 4.74 Å². The Bertz CT molecular complexity index is 246. The van der Waals surface area contributed by atoms with E-state index < -0.39 is 0 Å². The van der Waals surface area contributed by atoms with Crippen molar-refractivity contribution >= 4 is 5.91 Å². The number of carbonyl (C=O) groups excluding carboxylic acids is 1. The van der Waals surface area contributed by atoms with E-state index in [1.807, 2.05) is 0 Å². The Hall–Kier alpha value is -0.610. The lowest BCUT2D eigenvalue weighted by atomic mass is 10.0. The van der Waals surface area contributed by atoms with Gasteiger partial charge in [-0.05, 0) is 32.2 Å². The van der Waals surface area contributed by atoms with Crippen molar-refractivity contribution < 1.29 is 9.53 Å². The monoisotopic (exact) mass is 254 g/mol. The van der Waals surface area contributed by atoms with E-state index in [0.29, 0.717) is 31.7 Å². The highest BCUT2D eigenvalue weighted by Gasteiger charge is 2.17. The zero-order valence-electron chi connectivity index (χ0n) is 11.2. The van der Waals surface area contributed by atoms with Crippen molar-refractivity contribution in [3.8, 4) is 0 Å². The Morgan fingerprint density at radius 1 is 1.17 bits per heavy atom. The molecule has 0 spiro atoms. The summed E-state index contributed by atoms with van der Waals surface area (Å²) < 4.78 is 5.71. The molecular formula is C14H26N2O2. The SMILES string of the molecule is O=C(CC1CCCCN1)NCCOC1CCCC1. The van der Waals surface area contributed by atoms with Gasteiger partial charge in [0.15, 0.2) is 0 Å². The summed E-state index contributed by atoms with van der Waals surface area (Å²) in [4.78, 5) is 11.7. The lowest BCUT2D eigenvalue weighted by molar-refractivity contribution is -0.122. The third kappa shape index (κ3) is 4.94. The van der Waals surface area contributed by atoms with Gasteiger partial charge in [-0.2, -0.15) is 0 Å². The molecule has 1 heterocycles. The van der Waals surface area contributed by atoms with E-state index in [9.17, 15) is 4.79 Å². The summed E-state index contributed by atoms with van der Waals surface area (Å²) in [5.74, 6) is 0.157. The maximum Gasteiger partial charge on any atom is 0.221 e. The quantitative estimate of drug-likeness (QED) is 0.708. The number of amides is 1. The van der Waals surface area contributed by atoms with Gasteiger partial charge in [0.2, 0.25) is 5.91 Å². The number of ether oxygens (including phenoxy) is 1. The van der Waals surface area contributed by atoms with Crippen LogP contribution in [0.25, 0.3) is 0 Å². The first-order chi connectivity index (χ1) is 8.84. The molecule has 18 heavy (non-hydrogen) atoms. The van der Waals surface area contributed by atoms with Gasteiger partial charge >= 0.3 is 0 Å². The third-order valence-corrected chi connectivity index (χ3v) is 3.92. The van der Waals surface area contributed by atoms with E-state index in [0.717, 1.165) is 13.0 Å². The van der Waals surface area contributed by atoms with Crippen LogP contribution in [0.1, 0.15) is 51.4 Å². The minimum Gasteiger partial charge on any atom is -0.376 e. The first-order valence-electron chi connectivity index (χ1n) is 7.46. The molecule has 1 saturated heterocycles. The molecule has 1 atom stereocenters.